The van der Waals surface area contributed by atoms with Crippen LogP contribution >= 0.6 is 0 Å². The standard InChI is InChI=1S/C66H83F2N9O9Si/c1-10-48-51(67)20-19-44-34-47(86-87(40(2)3,41(4)5)42(6)7)35-49(55(44)48)57-56(68)58-50(36-69-57)60(75-29-14-26-65(8,82)38-75)72-62(71-58)85-39-66-27-15-30-76(66)45(23-28-66)37-84-64(81)74-31-24-46(25-32-74)83-33-12-11-16-43-17-13-18-52-59(43)73(9)63(80)77(52)53-21-22-54(78)70-61(53)79/h13,17-20,34-36,40-42,45-46,53,82H,10,12,14-15,21-33,37-39H2,1-9H3,(H,70,78,79)/t45-,53?,65+,66-/m0/s1. The third-order valence-electron chi connectivity index (χ3n) is 19.4. The summed E-state index contributed by atoms with van der Waals surface area (Å²) in [6, 6.07) is 11.6. The van der Waals surface area contributed by atoms with Crippen LogP contribution in [0.1, 0.15) is 143 Å². The fourth-order valence-corrected chi connectivity index (χ4v) is 20.4. The van der Waals surface area contributed by atoms with Crippen LogP contribution in [0.3, 0.4) is 0 Å². The number of hydrogen-bond donors (Lipinski definition) is 2. The predicted molar refractivity (Wildman–Crippen MR) is 332 cm³/mol. The van der Waals surface area contributed by atoms with Gasteiger partial charge in [-0.25, -0.2) is 18.4 Å². The van der Waals surface area contributed by atoms with Crippen LogP contribution in [0.15, 0.2) is 53.5 Å². The van der Waals surface area contributed by atoms with Gasteiger partial charge in [0.05, 0.1) is 45.8 Å². The molecule has 87 heavy (non-hydrogen) atoms. The molecule has 6 aromatic rings. The van der Waals surface area contributed by atoms with E-state index < -0.39 is 31.7 Å². The van der Waals surface area contributed by atoms with Crippen LogP contribution in [0.4, 0.5) is 19.4 Å². The molecule has 0 spiro atoms. The monoisotopic (exact) mass is 1210 g/mol. The lowest BCUT2D eigenvalue weighted by Gasteiger charge is -2.42. The maximum Gasteiger partial charge on any atom is 0.409 e. The smallest absolute Gasteiger partial charge is 0.409 e. The Morgan fingerprint density at radius 3 is 2.41 bits per heavy atom. The van der Waals surface area contributed by atoms with E-state index in [1.54, 1.807) is 43.3 Å². The number of anilines is 1. The normalized spacial score (nSPS) is 22.2. The Morgan fingerprint density at radius 1 is 0.931 bits per heavy atom. The number of likely N-dealkylation sites (tertiary alicyclic amines) is 1. The van der Waals surface area contributed by atoms with Crippen molar-refractivity contribution in [1.82, 2.24) is 39.2 Å². The number of fused-ring (bicyclic) bond motifs is 4. The van der Waals surface area contributed by atoms with E-state index in [2.05, 4.69) is 63.6 Å². The molecule has 0 radical (unpaired) electrons. The number of rotatable bonds is 17. The molecule has 4 atom stereocenters. The van der Waals surface area contributed by atoms with Crippen molar-refractivity contribution in [3.8, 4) is 34.9 Å². The number of aryl methyl sites for hydroxylation is 2. The number of carbonyl (C=O) groups is 3. The Balaban J connectivity index is 0.755. The highest BCUT2D eigenvalue weighted by Gasteiger charge is 2.51. The number of halogens is 2. The molecule has 11 rings (SSSR count). The first kappa shape index (κ1) is 61.6. The average Bonchev–Trinajstić information content (AvgIpc) is 2.51. The van der Waals surface area contributed by atoms with E-state index in [0.717, 1.165) is 37.6 Å². The van der Waals surface area contributed by atoms with Crippen molar-refractivity contribution in [2.24, 2.45) is 7.05 Å². The molecule has 464 valence electrons. The van der Waals surface area contributed by atoms with Crippen LogP contribution in [0.2, 0.25) is 16.6 Å². The van der Waals surface area contributed by atoms with Crippen molar-refractivity contribution in [3.63, 3.8) is 0 Å². The summed E-state index contributed by atoms with van der Waals surface area (Å²) in [6.45, 7) is 20.5. The van der Waals surface area contributed by atoms with Gasteiger partial charge < -0.3 is 33.5 Å². The van der Waals surface area contributed by atoms with Crippen molar-refractivity contribution < 1.29 is 46.9 Å². The van der Waals surface area contributed by atoms with Gasteiger partial charge in [-0.05, 0) is 141 Å². The van der Waals surface area contributed by atoms with Crippen LogP contribution in [-0.2, 0) is 32.5 Å². The van der Waals surface area contributed by atoms with Crippen molar-refractivity contribution in [2.75, 3.05) is 57.4 Å². The highest BCUT2D eigenvalue weighted by molar-refractivity contribution is 6.78. The van der Waals surface area contributed by atoms with Gasteiger partial charge in [0.25, 0.3) is 8.32 Å². The number of aromatic nitrogens is 5. The lowest BCUT2D eigenvalue weighted by molar-refractivity contribution is -0.135. The predicted octanol–water partition coefficient (Wildman–Crippen LogP) is 10.7. The van der Waals surface area contributed by atoms with E-state index in [4.69, 9.17) is 33.6 Å². The molecule has 8 heterocycles. The first-order chi connectivity index (χ1) is 41.6. The molecule has 1 unspecified atom stereocenters. The van der Waals surface area contributed by atoms with E-state index in [-0.39, 0.29) is 108 Å². The Morgan fingerprint density at radius 2 is 1.69 bits per heavy atom. The maximum absolute atomic E-state index is 18.0. The number of aliphatic hydroxyl groups is 1. The average molecular weight is 1210 g/mol. The Labute approximate surface area is 508 Å². The lowest BCUT2D eigenvalue weighted by atomic mass is 9.94. The number of para-hydroxylation sites is 1. The van der Waals surface area contributed by atoms with Crippen LogP contribution in [0.5, 0.6) is 11.8 Å². The lowest BCUT2D eigenvalue weighted by Crippen LogP contribution is -2.50. The summed E-state index contributed by atoms with van der Waals surface area (Å²) in [5, 5.41) is 15.4. The second kappa shape index (κ2) is 24.9. The number of ether oxygens (including phenoxy) is 3. The number of amides is 3. The zero-order valence-corrected chi connectivity index (χ0v) is 52.8. The molecule has 21 heteroatoms. The highest BCUT2D eigenvalue weighted by Crippen LogP contribution is 2.47. The van der Waals surface area contributed by atoms with Gasteiger partial charge in [-0.3, -0.25) is 33.9 Å². The van der Waals surface area contributed by atoms with Crippen molar-refractivity contribution in [2.45, 2.75) is 178 Å². The summed E-state index contributed by atoms with van der Waals surface area (Å²) < 4.78 is 62.9. The molecule has 5 fully saturated rings. The minimum atomic E-state index is -2.49. The van der Waals surface area contributed by atoms with Crippen LogP contribution in [0, 0.1) is 23.5 Å². The molecule has 2 N–H and O–H groups in total. The van der Waals surface area contributed by atoms with Crippen molar-refractivity contribution in [3.05, 3.63) is 81.9 Å². The summed E-state index contributed by atoms with van der Waals surface area (Å²) in [5.74, 6) is 5.47. The molecule has 5 saturated heterocycles. The van der Waals surface area contributed by atoms with Gasteiger partial charge in [0, 0.05) is 63.9 Å². The van der Waals surface area contributed by atoms with E-state index in [1.807, 2.05) is 30.0 Å². The second-order valence-electron chi connectivity index (χ2n) is 25.9. The Kier molecular flexibility index (Phi) is 17.6. The zero-order chi connectivity index (χ0) is 61.7. The largest absolute Gasteiger partial charge is 0.543 e. The summed E-state index contributed by atoms with van der Waals surface area (Å²) in [7, 11) is -0.842. The zero-order valence-electron chi connectivity index (χ0n) is 51.8. The number of β-amino-alcohol motifs (C(OH)–C–C–N with tert-alkyl or cyclic N) is 1. The van der Waals surface area contributed by atoms with Crippen LogP contribution < -0.4 is 25.1 Å². The summed E-state index contributed by atoms with van der Waals surface area (Å²) in [6.07, 6.45) is 8.39. The number of imidazole rings is 1. The molecule has 5 aliphatic rings. The number of piperidine rings is 3. The molecule has 0 aliphatic carbocycles. The van der Waals surface area contributed by atoms with Gasteiger partial charge in [-0.1, -0.05) is 72.4 Å². The van der Waals surface area contributed by atoms with Gasteiger partial charge >= 0.3 is 17.8 Å². The molecule has 3 aromatic carbocycles. The van der Waals surface area contributed by atoms with Gasteiger partial charge in [-0.2, -0.15) is 9.97 Å². The number of nitrogens with zero attached hydrogens (tertiary/aromatic N) is 8. The summed E-state index contributed by atoms with van der Waals surface area (Å²) >= 11 is 0. The fourth-order valence-electron chi connectivity index (χ4n) is 15.2. The number of hydrogen-bond acceptors (Lipinski definition) is 14. The minimum Gasteiger partial charge on any atom is -0.543 e. The molecular weight excluding hydrogens is 1130 g/mol. The van der Waals surface area contributed by atoms with Gasteiger partial charge in [0.15, 0.2) is 5.82 Å². The number of benzene rings is 3. The first-order valence-electron chi connectivity index (χ1n) is 31.4. The first-order valence-corrected chi connectivity index (χ1v) is 33.5. The SMILES string of the molecule is CCc1c(F)ccc2cc(O[Si](C(C)C)(C(C)C)C(C)C)cc(-c3ncc4c(N5CCC[C@@](C)(O)C5)nc(OC[C@@]56CCCN5[C@H](COC(=O)N5CCC(OCCC#Cc7cccc8c7n(C)c(=O)n8C7CCC(=O)NC7=O)CC5)CC6)nc4c3F)c12. The van der Waals surface area contributed by atoms with Crippen molar-refractivity contribution in [1.29, 1.82) is 0 Å². The highest BCUT2D eigenvalue weighted by atomic mass is 28.4. The fraction of sp³-hybridized carbons (Fsp3) is 0.561. The quantitative estimate of drug-likeness (QED) is 0.0379. The van der Waals surface area contributed by atoms with Gasteiger partial charge in [0.1, 0.15) is 47.9 Å². The van der Waals surface area contributed by atoms with Gasteiger partial charge in [0.2, 0.25) is 11.8 Å². The third-order valence-corrected chi connectivity index (χ3v) is 25.4. The number of imide groups is 1. The molecule has 18 nitrogen and oxygen atoms in total. The van der Waals surface area contributed by atoms with Crippen LogP contribution in [0.25, 0.3) is 44.0 Å². The molecule has 3 amide bonds. The molecular formula is C66H83F2N9O9Si. The van der Waals surface area contributed by atoms with E-state index in [9.17, 15) is 24.3 Å². The number of carbonyl (C=O) groups excluding carboxylic acids is 3. The minimum absolute atomic E-state index is 0.00225. The number of nitrogens with one attached hydrogen (secondary N) is 1. The van der Waals surface area contributed by atoms with Gasteiger partial charge in [-0.15, -0.1) is 0 Å². The summed E-state index contributed by atoms with van der Waals surface area (Å²) in [5.41, 5.74) is 1.80. The van der Waals surface area contributed by atoms with Crippen molar-refractivity contribution >= 4 is 64.8 Å². The second-order valence-corrected chi connectivity index (χ2v) is 31.3. The Bertz CT molecular complexity index is 3730. The molecule has 0 saturated carbocycles. The van der Waals surface area contributed by atoms with E-state index in [0.29, 0.717) is 115 Å². The molecule has 0 bridgehead atoms. The molecule has 3 aromatic heterocycles. The third kappa shape index (κ3) is 11.8. The number of pyridine rings is 1. The Hall–Kier alpha value is -6.99. The topological polar surface area (TPSA) is 196 Å². The summed E-state index contributed by atoms with van der Waals surface area (Å²) in [4.78, 5) is 72.2. The van der Waals surface area contributed by atoms with Crippen LogP contribution in [-0.4, -0.2) is 141 Å². The molecule has 5 aliphatic heterocycles. The maximum atomic E-state index is 18.0. The van der Waals surface area contributed by atoms with E-state index in [1.165, 1.54) is 15.2 Å². The van der Waals surface area contributed by atoms with E-state index >= 15 is 8.78 Å².